The van der Waals surface area contributed by atoms with Crippen LogP contribution in [0, 0.1) is 0 Å². The summed E-state index contributed by atoms with van der Waals surface area (Å²) in [6, 6.07) is 6.26. The molecule has 1 amide bonds. The second-order valence-corrected chi connectivity index (χ2v) is 7.81. The number of sulfonamides is 1. The Labute approximate surface area is 138 Å². The number of carbonyl (C=O) groups is 1. The summed E-state index contributed by atoms with van der Waals surface area (Å²) in [5, 5.41) is 2.83. The molecule has 0 bridgehead atoms. The summed E-state index contributed by atoms with van der Waals surface area (Å²) in [6.07, 6.45) is 6.99. The van der Waals surface area contributed by atoms with E-state index in [0.29, 0.717) is 12.1 Å². The minimum Gasteiger partial charge on any atom is -0.352 e. The highest BCUT2D eigenvalue weighted by Crippen LogP contribution is 2.20. The first-order valence-electron chi connectivity index (χ1n) is 8.43. The number of nitrogens with one attached hydrogen (secondary N) is 2. The summed E-state index contributed by atoms with van der Waals surface area (Å²) < 4.78 is 27.6. The zero-order valence-electron chi connectivity index (χ0n) is 13.7. The minimum atomic E-state index is -3.56. The number of carbonyl (C=O) groups excluding carboxylic acids is 1. The number of hydrogen-bond donors (Lipinski definition) is 2. The van der Waals surface area contributed by atoms with Crippen molar-refractivity contribution in [3.05, 3.63) is 29.8 Å². The molecule has 0 spiro atoms. The summed E-state index contributed by atoms with van der Waals surface area (Å²) in [7, 11) is -3.56. The van der Waals surface area contributed by atoms with E-state index in [4.69, 9.17) is 0 Å². The second kappa shape index (κ2) is 8.45. The van der Waals surface area contributed by atoms with Crippen LogP contribution < -0.4 is 10.0 Å². The summed E-state index contributed by atoms with van der Waals surface area (Å²) in [6.45, 7) is 2.72. The Bertz CT molecular complexity index is 622. The van der Waals surface area contributed by atoms with Crippen LogP contribution in [0.25, 0.3) is 0 Å². The summed E-state index contributed by atoms with van der Waals surface area (Å²) in [5.74, 6) is -0.223. The average molecular weight is 338 g/mol. The van der Waals surface area contributed by atoms with Gasteiger partial charge >= 0.3 is 0 Å². The number of amides is 1. The van der Waals surface area contributed by atoms with Gasteiger partial charge in [-0.2, -0.15) is 0 Å². The van der Waals surface area contributed by atoms with Gasteiger partial charge in [0.1, 0.15) is 0 Å². The molecule has 0 unspecified atom stereocenters. The fourth-order valence-electron chi connectivity index (χ4n) is 2.81. The standard InChI is InChI=1S/C17H26N2O3S/c1-2-3-6-12-18-17(20)14-8-7-11-16(13-14)23(21,22)19-15-9-4-5-10-15/h7-8,11,13,15,19H,2-6,9-10,12H2,1H3,(H,18,20). The molecular weight excluding hydrogens is 312 g/mol. The molecular formula is C17H26N2O3S. The Morgan fingerprint density at radius 2 is 1.96 bits per heavy atom. The van der Waals surface area contributed by atoms with Crippen molar-refractivity contribution in [2.24, 2.45) is 0 Å². The van der Waals surface area contributed by atoms with E-state index >= 15 is 0 Å². The molecule has 1 aliphatic carbocycles. The van der Waals surface area contributed by atoms with Crippen LogP contribution in [0.2, 0.25) is 0 Å². The zero-order chi connectivity index (χ0) is 16.7. The van der Waals surface area contributed by atoms with Crippen molar-refractivity contribution in [2.75, 3.05) is 6.54 Å². The SMILES string of the molecule is CCCCCNC(=O)c1cccc(S(=O)(=O)NC2CCCC2)c1. The first-order chi connectivity index (χ1) is 11.0. The van der Waals surface area contributed by atoms with Gasteiger partial charge in [-0.15, -0.1) is 0 Å². The predicted molar refractivity (Wildman–Crippen MR) is 90.9 cm³/mol. The molecule has 1 saturated carbocycles. The smallest absolute Gasteiger partial charge is 0.251 e. The van der Waals surface area contributed by atoms with Gasteiger partial charge < -0.3 is 5.32 Å². The van der Waals surface area contributed by atoms with E-state index in [1.54, 1.807) is 12.1 Å². The molecule has 23 heavy (non-hydrogen) atoms. The molecule has 128 valence electrons. The van der Waals surface area contributed by atoms with E-state index < -0.39 is 10.0 Å². The second-order valence-electron chi connectivity index (χ2n) is 6.09. The van der Waals surface area contributed by atoms with E-state index in [-0.39, 0.29) is 16.8 Å². The maximum Gasteiger partial charge on any atom is 0.251 e. The van der Waals surface area contributed by atoms with Crippen LogP contribution in [0.15, 0.2) is 29.2 Å². The van der Waals surface area contributed by atoms with Gasteiger partial charge in [0.2, 0.25) is 10.0 Å². The zero-order valence-corrected chi connectivity index (χ0v) is 14.5. The number of hydrogen-bond acceptors (Lipinski definition) is 3. The van der Waals surface area contributed by atoms with Crippen molar-refractivity contribution >= 4 is 15.9 Å². The van der Waals surface area contributed by atoms with Crippen LogP contribution in [0.5, 0.6) is 0 Å². The maximum atomic E-state index is 12.4. The van der Waals surface area contributed by atoms with E-state index in [1.165, 1.54) is 12.1 Å². The lowest BCUT2D eigenvalue weighted by Gasteiger charge is -2.13. The number of rotatable bonds is 8. The highest BCUT2D eigenvalue weighted by molar-refractivity contribution is 7.89. The lowest BCUT2D eigenvalue weighted by atomic mass is 10.2. The van der Waals surface area contributed by atoms with Crippen LogP contribution in [-0.2, 0) is 10.0 Å². The first-order valence-corrected chi connectivity index (χ1v) is 9.92. The number of unbranched alkanes of at least 4 members (excludes halogenated alkanes) is 2. The van der Waals surface area contributed by atoms with Crippen LogP contribution >= 0.6 is 0 Å². The molecule has 5 nitrogen and oxygen atoms in total. The molecule has 2 rings (SSSR count). The van der Waals surface area contributed by atoms with Gasteiger partial charge in [0, 0.05) is 18.2 Å². The van der Waals surface area contributed by atoms with E-state index in [2.05, 4.69) is 17.0 Å². The van der Waals surface area contributed by atoms with Crippen molar-refractivity contribution in [2.45, 2.75) is 62.8 Å². The predicted octanol–water partition coefficient (Wildman–Crippen LogP) is 2.83. The van der Waals surface area contributed by atoms with Gasteiger partial charge in [-0.3, -0.25) is 4.79 Å². The summed E-state index contributed by atoms with van der Waals surface area (Å²) in [4.78, 5) is 12.3. The lowest BCUT2D eigenvalue weighted by Crippen LogP contribution is -2.33. The van der Waals surface area contributed by atoms with Gasteiger partial charge in [-0.05, 0) is 37.5 Å². The monoisotopic (exact) mass is 338 g/mol. The Kier molecular flexibility index (Phi) is 6.59. The average Bonchev–Trinajstić information content (AvgIpc) is 3.04. The molecule has 0 aliphatic heterocycles. The largest absolute Gasteiger partial charge is 0.352 e. The van der Waals surface area contributed by atoms with Gasteiger partial charge in [-0.1, -0.05) is 38.7 Å². The summed E-state index contributed by atoms with van der Waals surface area (Å²) in [5.41, 5.74) is 0.385. The topological polar surface area (TPSA) is 75.3 Å². The maximum absolute atomic E-state index is 12.4. The van der Waals surface area contributed by atoms with Crippen LogP contribution in [0.1, 0.15) is 62.2 Å². The van der Waals surface area contributed by atoms with Crippen LogP contribution in [-0.4, -0.2) is 26.9 Å². The van der Waals surface area contributed by atoms with Gasteiger partial charge in [0.25, 0.3) is 5.91 Å². The van der Waals surface area contributed by atoms with Gasteiger partial charge in [0.15, 0.2) is 0 Å². The van der Waals surface area contributed by atoms with Crippen molar-refractivity contribution in [3.8, 4) is 0 Å². The fraction of sp³-hybridized carbons (Fsp3) is 0.588. The lowest BCUT2D eigenvalue weighted by molar-refractivity contribution is 0.0952. The summed E-state index contributed by atoms with van der Waals surface area (Å²) >= 11 is 0. The molecule has 0 atom stereocenters. The minimum absolute atomic E-state index is 0.0199. The van der Waals surface area contributed by atoms with E-state index in [9.17, 15) is 13.2 Å². The first kappa shape index (κ1) is 17.9. The van der Waals surface area contributed by atoms with E-state index in [1.807, 2.05) is 0 Å². The Balaban J connectivity index is 2.01. The Hall–Kier alpha value is -1.40. The molecule has 0 radical (unpaired) electrons. The van der Waals surface area contributed by atoms with Crippen LogP contribution in [0.4, 0.5) is 0 Å². The van der Waals surface area contributed by atoms with Crippen molar-refractivity contribution in [1.29, 1.82) is 0 Å². The van der Waals surface area contributed by atoms with Gasteiger partial charge in [0.05, 0.1) is 4.90 Å². The molecule has 1 aliphatic rings. The molecule has 0 aromatic heterocycles. The molecule has 1 aromatic carbocycles. The van der Waals surface area contributed by atoms with E-state index in [0.717, 1.165) is 44.9 Å². The molecule has 0 saturated heterocycles. The third kappa shape index (κ3) is 5.32. The third-order valence-corrected chi connectivity index (χ3v) is 5.67. The molecule has 6 heteroatoms. The van der Waals surface area contributed by atoms with Crippen molar-refractivity contribution in [3.63, 3.8) is 0 Å². The molecule has 1 fully saturated rings. The quantitative estimate of drug-likeness (QED) is 0.716. The number of benzene rings is 1. The van der Waals surface area contributed by atoms with Crippen molar-refractivity contribution < 1.29 is 13.2 Å². The van der Waals surface area contributed by atoms with Gasteiger partial charge in [-0.25, -0.2) is 13.1 Å². The molecule has 0 heterocycles. The third-order valence-electron chi connectivity index (χ3n) is 4.15. The normalized spacial score (nSPS) is 15.7. The van der Waals surface area contributed by atoms with Crippen molar-refractivity contribution in [1.82, 2.24) is 10.0 Å². The highest BCUT2D eigenvalue weighted by atomic mass is 32.2. The molecule has 2 N–H and O–H groups in total. The fourth-order valence-corrected chi connectivity index (χ4v) is 4.17. The Morgan fingerprint density at radius 1 is 1.22 bits per heavy atom. The Morgan fingerprint density at radius 3 is 2.65 bits per heavy atom. The van der Waals surface area contributed by atoms with Crippen LogP contribution in [0.3, 0.4) is 0 Å². The highest BCUT2D eigenvalue weighted by Gasteiger charge is 2.23. The molecule has 1 aromatic rings.